The van der Waals surface area contributed by atoms with E-state index in [-0.39, 0.29) is 52.2 Å². The van der Waals surface area contributed by atoms with Crippen molar-refractivity contribution in [1.29, 1.82) is 0 Å². The molecule has 3 fully saturated rings. The van der Waals surface area contributed by atoms with Crippen LogP contribution >= 0.6 is 0 Å². The largest absolute Gasteiger partial charge is 0.468 e. The van der Waals surface area contributed by atoms with Crippen LogP contribution in [0.4, 0.5) is 0 Å². The number of carbonyl (C=O) groups is 6. The van der Waals surface area contributed by atoms with E-state index >= 15 is 0 Å². The molecule has 32 nitrogen and oxygen atoms in total. The molecule has 504 valence electrons. The number of aliphatic hydroxyl groups is 11. The second-order valence-corrected chi connectivity index (χ2v) is 21.3. The van der Waals surface area contributed by atoms with Gasteiger partial charge in [-0.25, -0.2) is 14.4 Å². The molecule has 21 atom stereocenters. The van der Waals surface area contributed by atoms with E-state index in [1.807, 2.05) is 0 Å². The molecule has 0 unspecified atom stereocenters. The Hall–Kier alpha value is -6.80. The number of ether oxygens (including phenoxy) is 15. The third kappa shape index (κ3) is 16.7. The lowest BCUT2D eigenvalue weighted by molar-refractivity contribution is -0.328. The first kappa shape index (κ1) is 71.6. The maximum atomic E-state index is 13.7. The zero-order valence-electron chi connectivity index (χ0n) is 50.0. The molecule has 91 heavy (non-hydrogen) atoms. The van der Waals surface area contributed by atoms with Crippen LogP contribution in [0.5, 0.6) is 5.75 Å². The highest BCUT2D eigenvalue weighted by molar-refractivity contribution is 5.92. The smallest absolute Gasteiger partial charge is 0.337 e. The second-order valence-electron chi connectivity index (χ2n) is 21.3. The fourth-order valence-electron chi connectivity index (χ4n) is 10.7. The van der Waals surface area contributed by atoms with Crippen LogP contribution in [0.1, 0.15) is 45.6 Å². The highest BCUT2D eigenvalue weighted by Crippen LogP contribution is 2.40. The quantitative estimate of drug-likeness (QED) is 0.0222. The van der Waals surface area contributed by atoms with Gasteiger partial charge in [-0.1, -0.05) is 30.4 Å². The molecule has 0 spiro atoms. The predicted octanol–water partition coefficient (Wildman–Crippen LogP) is -3.22. The van der Waals surface area contributed by atoms with Crippen LogP contribution in [0.25, 0.3) is 0 Å². The van der Waals surface area contributed by atoms with Gasteiger partial charge in [0.05, 0.1) is 95.9 Å². The fourth-order valence-corrected chi connectivity index (χ4v) is 10.7. The Balaban J connectivity index is 0.935. The molecule has 0 amide bonds. The molecular weight excluding hydrogens is 1220 g/mol. The first-order valence-corrected chi connectivity index (χ1v) is 28.7. The van der Waals surface area contributed by atoms with Crippen LogP contribution in [0.15, 0.2) is 94.7 Å². The standard InChI is InChI=1S/C59H76O32/c1-7-27-30(33(51(74)77-4)21-82-54(27)89-57-48(71)45(68)42(65)36(19-60)86-57)16-39(62)80-15-14-25-10-12-26(13-11-25)85-41(64)18-32-29(9-3)56(84-23-35(32)53(76)79-6)91-59-50(73)47(70)44(67)38(88-59)24-81-40(63)17-31-28(8-2)55(83-22-34(31)52(75)78-5)90-58-49(72)46(69)43(66)37(20-61)87-58/h7-13,21-23,30-32,36-38,42-50,54-61,65-73H,14-20,24H2,1-6H3/t30-,31-,32-,36+,37+,38+,42+,43+,44+,45-,46-,47-,48+,49+,50+,54-,55-,56-,57-,58-,59-/m0/s1. The Bertz CT molecular complexity index is 2900. The molecule has 0 bridgehead atoms. The zero-order chi connectivity index (χ0) is 66.5. The fraction of sp³-hybridized carbons (Fsp3) is 0.593. The SMILES string of the molecule is CC=C1[C@H](O[C@@H]2O[C@H](CO)[C@@H](O)[C@H](O)[C@H]2O)OC=C(C(=O)OC)[C@H]1CC(=O)OCCc1ccc(OC(=O)C[C@@H]2C(C(=O)OC)=CO[C@@H](O[C@@H]3O[C@H](COC(=O)C[C@@H]4C(C(=O)OC)=CO[C@@H](O[C@@H]5O[C@H](CO)[C@@H](O)[C@H](O)[C@H]5O)C4=CC)[C@@H](O)[C@H](O)[C@H]3O)C2=CC)cc1. The van der Waals surface area contributed by atoms with Gasteiger partial charge in [0.2, 0.25) is 18.9 Å². The molecule has 3 saturated heterocycles. The number of esters is 6. The van der Waals surface area contributed by atoms with Crippen LogP contribution in [0.3, 0.4) is 0 Å². The summed E-state index contributed by atoms with van der Waals surface area (Å²) in [6, 6.07) is 6.09. The number of hydrogen-bond donors (Lipinski definition) is 11. The zero-order valence-corrected chi connectivity index (χ0v) is 50.0. The van der Waals surface area contributed by atoms with Gasteiger partial charge >= 0.3 is 35.8 Å². The molecular formula is C59H76O32. The minimum Gasteiger partial charge on any atom is -0.468 e. The van der Waals surface area contributed by atoms with Crippen molar-refractivity contribution in [2.75, 3.05) is 47.8 Å². The van der Waals surface area contributed by atoms with E-state index in [0.717, 1.165) is 40.1 Å². The third-order valence-corrected chi connectivity index (χ3v) is 15.8. The van der Waals surface area contributed by atoms with Crippen molar-refractivity contribution in [1.82, 2.24) is 0 Å². The molecule has 1 aromatic rings. The van der Waals surface area contributed by atoms with E-state index in [2.05, 4.69) is 0 Å². The van der Waals surface area contributed by atoms with Gasteiger partial charge in [0.25, 0.3) is 0 Å². The Morgan fingerprint density at radius 1 is 0.451 bits per heavy atom. The summed E-state index contributed by atoms with van der Waals surface area (Å²) in [6.07, 6.45) is -24.3. The summed E-state index contributed by atoms with van der Waals surface area (Å²) in [5.74, 6) is -8.61. The van der Waals surface area contributed by atoms with Gasteiger partial charge < -0.3 is 127 Å². The summed E-state index contributed by atoms with van der Waals surface area (Å²) < 4.78 is 82.6. The number of benzene rings is 1. The average Bonchev–Trinajstić information content (AvgIpc) is 1.98. The normalized spacial score (nSPS) is 35.5. The molecule has 6 aliphatic rings. The van der Waals surface area contributed by atoms with Gasteiger partial charge in [-0.05, 0) is 38.5 Å². The lowest BCUT2D eigenvalue weighted by Gasteiger charge is -2.42. The summed E-state index contributed by atoms with van der Waals surface area (Å²) in [4.78, 5) is 79.4. The number of hydrogen-bond acceptors (Lipinski definition) is 32. The highest BCUT2D eigenvalue weighted by Gasteiger charge is 2.51. The van der Waals surface area contributed by atoms with Crippen LogP contribution < -0.4 is 4.74 Å². The van der Waals surface area contributed by atoms with E-state index in [1.54, 1.807) is 19.1 Å². The Kier molecular flexibility index (Phi) is 25.7. The first-order chi connectivity index (χ1) is 43.5. The average molecular weight is 1300 g/mol. The molecule has 32 heteroatoms. The van der Waals surface area contributed by atoms with Crippen molar-refractivity contribution in [2.24, 2.45) is 17.8 Å². The van der Waals surface area contributed by atoms with Crippen LogP contribution in [-0.4, -0.2) is 251 Å². The number of rotatable bonds is 23. The highest BCUT2D eigenvalue weighted by atomic mass is 16.8. The summed E-state index contributed by atoms with van der Waals surface area (Å²) in [7, 11) is 3.29. The maximum absolute atomic E-state index is 13.7. The van der Waals surface area contributed by atoms with E-state index in [1.165, 1.54) is 44.2 Å². The van der Waals surface area contributed by atoms with E-state index in [9.17, 15) is 84.9 Å². The predicted molar refractivity (Wildman–Crippen MR) is 296 cm³/mol. The summed E-state index contributed by atoms with van der Waals surface area (Å²) in [5.41, 5.74) is 0.647. The minimum atomic E-state index is -1.99. The number of carbonyl (C=O) groups excluding carboxylic acids is 6. The summed E-state index contributed by atoms with van der Waals surface area (Å²) in [6.45, 7) is 2.17. The Labute approximate surface area is 519 Å². The van der Waals surface area contributed by atoms with Gasteiger partial charge in [-0.2, -0.15) is 0 Å². The molecule has 6 aliphatic heterocycles. The second kappa shape index (κ2) is 32.7. The summed E-state index contributed by atoms with van der Waals surface area (Å²) >= 11 is 0. The van der Waals surface area contributed by atoms with Gasteiger partial charge in [-0.15, -0.1) is 0 Å². The molecule has 11 N–H and O–H groups in total. The van der Waals surface area contributed by atoms with Crippen molar-refractivity contribution in [3.63, 3.8) is 0 Å². The summed E-state index contributed by atoms with van der Waals surface area (Å²) in [5, 5.41) is 115. The minimum absolute atomic E-state index is 0.0655. The molecule has 6 heterocycles. The topological polar surface area (TPSA) is 463 Å². The third-order valence-electron chi connectivity index (χ3n) is 15.8. The van der Waals surface area contributed by atoms with Crippen molar-refractivity contribution in [3.8, 4) is 5.75 Å². The van der Waals surface area contributed by atoms with Gasteiger partial charge in [0, 0.05) is 40.9 Å². The van der Waals surface area contributed by atoms with Crippen molar-refractivity contribution < 1.29 is 156 Å². The number of allylic oxidation sites excluding steroid dienone is 3. The first-order valence-electron chi connectivity index (χ1n) is 28.7. The van der Waals surface area contributed by atoms with Crippen molar-refractivity contribution >= 4 is 35.8 Å². The Morgan fingerprint density at radius 3 is 1.14 bits per heavy atom. The molecule has 0 aromatic heterocycles. The Morgan fingerprint density at radius 2 is 0.791 bits per heavy atom. The lowest BCUT2D eigenvalue weighted by atomic mass is 9.86. The monoisotopic (exact) mass is 1300 g/mol. The molecule has 1 aromatic carbocycles. The van der Waals surface area contributed by atoms with Crippen molar-refractivity contribution in [2.45, 2.75) is 157 Å². The van der Waals surface area contributed by atoms with E-state index < -0.39 is 204 Å². The van der Waals surface area contributed by atoms with Gasteiger partial charge in [0.1, 0.15) is 85.6 Å². The van der Waals surface area contributed by atoms with Gasteiger partial charge in [-0.3, -0.25) is 14.4 Å². The van der Waals surface area contributed by atoms with Crippen molar-refractivity contribution in [3.05, 3.63) is 100 Å². The van der Waals surface area contributed by atoms with E-state index in [4.69, 9.17) is 71.1 Å². The molecule has 0 radical (unpaired) electrons. The molecule has 0 saturated carbocycles. The van der Waals surface area contributed by atoms with Gasteiger partial charge in [0.15, 0.2) is 18.9 Å². The van der Waals surface area contributed by atoms with Crippen LogP contribution in [-0.2, 0) is 102 Å². The number of methoxy groups -OCH3 is 3. The van der Waals surface area contributed by atoms with Crippen LogP contribution in [0, 0.1) is 17.8 Å². The van der Waals surface area contributed by atoms with E-state index in [0.29, 0.717) is 5.56 Å². The molecule has 7 rings (SSSR count). The molecule has 0 aliphatic carbocycles. The lowest BCUT2D eigenvalue weighted by Crippen LogP contribution is -2.60. The number of aliphatic hydroxyl groups excluding tert-OH is 11. The van der Waals surface area contributed by atoms with Crippen LogP contribution in [0.2, 0.25) is 0 Å². The maximum Gasteiger partial charge on any atom is 0.337 e.